The van der Waals surface area contributed by atoms with Crippen LogP contribution in [0, 0.1) is 5.41 Å². The van der Waals surface area contributed by atoms with Gasteiger partial charge < -0.3 is 14.2 Å². The summed E-state index contributed by atoms with van der Waals surface area (Å²) in [6.45, 7) is 44.8. The summed E-state index contributed by atoms with van der Waals surface area (Å²) in [4.78, 5) is 5.02. The number of hydrogen-bond acceptors (Lipinski definition) is 3. The standard InChI is InChI=1S/C129H130N2O/c1-19-22-24-26-28-36-70-128(71-37-29-27-25-23-20-2)105-42-33-30-39-96(105)100-65-46-84(76-110(100)128)82-45-63-98-99-64-48-86(75-108(99)126(15,16)107(98)73-82)87-78-113-118-102-67-49-83(74-109(102)127(17,18)114(118)79-87)85-47-66-101-97-40-31-34-43-106(97)129(111(101)77-85)112-80-95(130(92-56-50-88(51-57-92)123(7,8)9)93-58-52-89(53-59-93)124(10,11)12)62-68-103(112)119-115(129)81-116(120-104-41-32-35-44-117(104)132-121(119)120)131(91(38-21-3)69-72-122(4,5)6)94-60-54-90(55-61-94)125(113,13)14/h21,30-35,38-69,72-81H,3,19-20,22-29,36-37,70-71H2,1-2,4-18H3/b72-69-,91-38+. The Labute approximate surface area is 786 Å². The van der Waals surface area contributed by atoms with Crippen LogP contribution in [-0.4, -0.2) is 0 Å². The van der Waals surface area contributed by atoms with Gasteiger partial charge in [-0.15, -0.1) is 0 Å². The molecule has 15 aromatic rings. The van der Waals surface area contributed by atoms with Gasteiger partial charge in [-0.2, -0.15) is 0 Å². The molecule has 0 saturated carbocycles. The van der Waals surface area contributed by atoms with E-state index < -0.39 is 16.2 Å². The molecule has 1 atom stereocenters. The Morgan fingerprint density at radius 1 is 0.364 bits per heavy atom. The molecule has 0 saturated heterocycles. The Bertz CT molecular complexity index is 7120. The number of nitrogens with zero attached hydrogens (tertiary/aromatic N) is 2. The minimum Gasteiger partial charge on any atom is -0.455 e. The molecule has 3 aliphatic heterocycles. The number of unbranched alkanes of at least 4 members (excludes halogenated alkanes) is 10. The third kappa shape index (κ3) is 13.9. The van der Waals surface area contributed by atoms with Gasteiger partial charge in [-0.3, -0.25) is 0 Å². The van der Waals surface area contributed by atoms with Crippen molar-refractivity contribution in [1.82, 2.24) is 0 Å². The summed E-state index contributed by atoms with van der Waals surface area (Å²) >= 11 is 0. The predicted molar refractivity (Wildman–Crippen MR) is 563 cm³/mol. The van der Waals surface area contributed by atoms with Crippen LogP contribution >= 0.6 is 0 Å². The van der Waals surface area contributed by atoms with Gasteiger partial charge in [-0.1, -0.05) is 383 Å². The fraction of sp³-hybridized carbons (Fsp3) is 0.302. The first kappa shape index (κ1) is 86.4. The molecular formula is C129H130N2O. The molecule has 0 amide bonds. The van der Waals surface area contributed by atoms with Crippen molar-refractivity contribution in [2.75, 3.05) is 9.80 Å². The smallest absolute Gasteiger partial charge is 0.145 e. The summed E-state index contributed by atoms with van der Waals surface area (Å²) in [5.74, 6) is 0. The lowest BCUT2D eigenvalue weighted by atomic mass is 9.70. The van der Waals surface area contributed by atoms with E-state index in [-0.39, 0.29) is 27.1 Å². The molecule has 0 N–H and O–H groups in total. The van der Waals surface area contributed by atoms with Crippen molar-refractivity contribution in [1.29, 1.82) is 0 Å². The highest BCUT2D eigenvalue weighted by atomic mass is 16.3. The highest BCUT2D eigenvalue weighted by Gasteiger charge is 2.55. The molecule has 10 bridgehead atoms. The van der Waals surface area contributed by atoms with Crippen LogP contribution in [0.3, 0.4) is 0 Å². The van der Waals surface area contributed by atoms with Gasteiger partial charge in [-0.05, 0) is 306 Å². The number of hydrogen-bond donors (Lipinski definition) is 0. The Balaban J connectivity index is 0.740. The maximum Gasteiger partial charge on any atom is 0.145 e. The molecule has 8 aliphatic rings. The average molecular weight is 1720 g/mol. The van der Waals surface area contributed by atoms with Crippen LogP contribution < -0.4 is 9.80 Å². The van der Waals surface area contributed by atoms with Gasteiger partial charge in [0.2, 0.25) is 0 Å². The maximum atomic E-state index is 7.73. The van der Waals surface area contributed by atoms with Crippen molar-refractivity contribution in [2.24, 2.45) is 5.41 Å². The molecule has 5 aliphatic carbocycles. The van der Waals surface area contributed by atoms with Crippen LogP contribution in [0.25, 0.3) is 111 Å². The van der Waals surface area contributed by atoms with Gasteiger partial charge in [0, 0.05) is 61.1 Å². The summed E-state index contributed by atoms with van der Waals surface area (Å²) in [5, 5.41) is 2.11. The van der Waals surface area contributed by atoms with E-state index in [0.717, 1.165) is 67.2 Å². The molecule has 23 rings (SSSR count). The lowest BCUT2D eigenvalue weighted by Crippen LogP contribution is -2.27. The fourth-order valence-corrected chi connectivity index (χ4v) is 24.4. The molecule has 14 aromatic carbocycles. The topological polar surface area (TPSA) is 19.6 Å². The van der Waals surface area contributed by atoms with E-state index >= 15 is 0 Å². The van der Waals surface area contributed by atoms with Crippen LogP contribution in [-0.2, 0) is 37.9 Å². The minimum atomic E-state index is -0.881. The van der Waals surface area contributed by atoms with Crippen molar-refractivity contribution in [2.45, 2.75) is 245 Å². The molecule has 4 heterocycles. The summed E-state index contributed by atoms with van der Waals surface area (Å²) < 4.78 is 7.73. The van der Waals surface area contributed by atoms with Crippen molar-refractivity contribution < 1.29 is 4.42 Å². The SMILES string of the molecule is C=C/C=C(\C=C/C(C)(C)C)N1c2ccc(cc2)C(C)(C)c2cc(-c3ccc4c(c3)C(C)(C)c3cc(-c5ccc6c(c5)C(CCCCCCCC)(CCCCCCCC)c5ccccc5-6)ccc3-4)cc3c2-c2ccc(cc2C3(C)C)-c2ccc3c(c2)C2(c4ccccc4-3)c3cc(N(c4ccc(C(C)(C)C)cc4)c4ccc(C(C)(C)C)cc4)ccc3-c3c2cc1c1c3oc2ccccc21. The first-order valence-corrected chi connectivity index (χ1v) is 49.7. The second-order valence-electron chi connectivity index (χ2n) is 44.3. The molecule has 132 heavy (non-hydrogen) atoms. The number of furan rings is 1. The van der Waals surface area contributed by atoms with E-state index in [2.05, 4.69) is 425 Å². The van der Waals surface area contributed by atoms with Crippen molar-refractivity contribution in [3.05, 3.63) is 387 Å². The third-order valence-electron chi connectivity index (χ3n) is 31.7. The lowest BCUT2D eigenvalue weighted by Gasteiger charge is -2.34. The van der Waals surface area contributed by atoms with Crippen LogP contribution in [0.1, 0.15) is 285 Å². The van der Waals surface area contributed by atoms with E-state index in [4.69, 9.17) is 4.42 Å². The molecule has 3 nitrogen and oxygen atoms in total. The Kier molecular flexibility index (Phi) is 21.1. The van der Waals surface area contributed by atoms with Crippen molar-refractivity contribution >= 4 is 50.4 Å². The Morgan fingerprint density at radius 3 is 1.35 bits per heavy atom. The van der Waals surface area contributed by atoms with Crippen molar-refractivity contribution in [3.63, 3.8) is 0 Å². The lowest BCUT2D eigenvalue weighted by molar-refractivity contribution is 0.398. The van der Waals surface area contributed by atoms with Gasteiger partial charge in [0.25, 0.3) is 0 Å². The number of para-hydroxylation sites is 1. The molecule has 1 aromatic heterocycles. The quantitative estimate of drug-likeness (QED) is 0.0498. The Hall–Kier alpha value is -12.3. The van der Waals surface area contributed by atoms with Crippen LogP contribution in [0.5, 0.6) is 0 Å². The van der Waals surface area contributed by atoms with Crippen LogP contribution in [0.15, 0.2) is 314 Å². The van der Waals surface area contributed by atoms with E-state index in [9.17, 15) is 0 Å². The van der Waals surface area contributed by atoms with Crippen LogP contribution in [0.2, 0.25) is 0 Å². The predicted octanol–water partition coefficient (Wildman–Crippen LogP) is 36.8. The second-order valence-corrected chi connectivity index (χ2v) is 44.3. The normalized spacial score (nSPS) is 16.3. The number of allylic oxidation sites excluding steroid dienone is 4. The zero-order valence-corrected chi connectivity index (χ0v) is 81.2. The second kappa shape index (κ2) is 32.3. The zero-order valence-electron chi connectivity index (χ0n) is 81.2. The number of rotatable bonds is 22. The first-order chi connectivity index (χ1) is 63.5. The summed E-state index contributed by atoms with van der Waals surface area (Å²) in [6.07, 6.45) is 27.0. The molecule has 1 spiro atoms. The van der Waals surface area contributed by atoms with E-state index in [1.165, 1.54) is 235 Å². The van der Waals surface area contributed by atoms with Crippen LogP contribution in [0.4, 0.5) is 28.4 Å². The number of anilines is 5. The monoisotopic (exact) mass is 1720 g/mol. The zero-order chi connectivity index (χ0) is 91.5. The van der Waals surface area contributed by atoms with Gasteiger partial charge in [0.1, 0.15) is 11.2 Å². The van der Waals surface area contributed by atoms with E-state index in [1.54, 1.807) is 11.1 Å². The molecule has 662 valence electrons. The van der Waals surface area contributed by atoms with Gasteiger partial charge in [0.15, 0.2) is 0 Å². The number of fused-ring (bicyclic) bond motifs is 15. The molecule has 3 heteroatoms. The highest BCUT2D eigenvalue weighted by Crippen LogP contribution is 2.68. The highest BCUT2D eigenvalue weighted by molar-refractivity contribution is 6.20. The Morgan fingerprint density at radius 2 is 0.788 bits per heavy atom. The fourth-order valence-electron chi connectivity index (χ4n) is 24.4. The molecule has 1 unspecified atom stereocenters. The number of benzene rings is 14. The molecule has 0 fully saturated rings. The summed E-state index contributed by atoms with van der Waals surface area (Å²) in [7, 11) is 0. The molecular weight excluding hydrogens is 1590 g/mol. The molecule has 0 radical (unpaired) electrons. The van der Waals surface area contributed by atoms with Gasteiger partial charge in [0.05, 0.1) is 16.5 Å². The maximum absolute atomic E-state index is 7.73. The van der Waals surface area contributed by atoms with E-state index in [1.807, 2.05) is 6.08 Å². The summed E-state index contributed by atoms with van der Waals surface area (Å²) in [5.41, 5.74) is 44.8. The van der Waals surface area contributed by atoms with E-state index in [0.29, 0.717) is 0 Å². The first-order valence-electron chi connectivity index (χ1n) is 49.7. The van der Waals surface area contributed by atoms with Gasteiger partial charge in [-0.25, -0.2) is 0 Å². The minimum absolute atomic E-state index is 0.0101. The largest absolute Gasteiger partial charge is 0.455 e. The van der Waals surface area contributed by atoms with Crippen molar-refractivity contribution in [3.8, 4) is 89.0 Å². The van der Waals surface area contributed by atoms with Gasteiger partial charge >= 0.3 is 0 Å². The summed E-state index contributed by atoms with van der Waals surface area (Å²) in [6, 6.07) is 109. The third-order valence-corrected chi connectivity index (χ3v) is 31.7. The average Bonchev–Trinajstić information content (AvgIpc) is 1.49.